The highest BCUT2D eigenvalue weighted by atomic mass is 32.1. The van der Waals surface area contributed by atoms with Gasteiger partial charge in [0.2, 0.25) is 0 Å². The minimum absolute atomic E-state index is 0.607. The van der Waals surface area contributed by atoms with E-state index in [4.69, 9.17) is 0 Å². The van der Waals surface area contributed by atoms with Crippen molar-refractivity contribution in [1.82, 2.24) is 0 Å². The average Bonchev–Trinajstić information content (AvgIpc) is 2.15. The summed E-state index contributed by atoms with van der Waals surface area (Å²) in [4.78, 5) is 2.07. The molecule has 0 aromatic heterocycles. The second-order valence-corrected chi connectivity index (χ2v) is 3.22. The molecule has 1 aromatic rings. The summed E-state index contributed by atoms with van der Waals surface area (Å²) in [5, 5.41) is 0. The molecule has 0 heterocycles. The van der Waals surface area contributed by atoms with E-state index in [1.54, 1.807) is 0 Å². The first-order chi connectivity index (χ1) is 6.24. The predicted molar refractivity (Wildman–Crippen MR) is 61.5 cm³/mol. The highest BCUT2D eigenvalue weighted by molar-refractivity contribution is 7.80. The van der Waals surface area contributed by atoms with Gasteiger partial charge in [0.05, 0.1) is 5.75 Å². The molecule has 0 aliphatic carbocycles. The first-order valence-electron chi connectivity index (χ1n) is 4.11. The third-order valence-electron chi connectivity index (χ3n) is 1.70. The molecule has 0 aliphatic heterocycles. The van der Waals surface area contributed by atoms with Crippen molar-refractivity contribution in [3.05, 3.63) is 29.8 Å². The largest absolute Gasteiger partial charge is 0.378 e. The van der Waals surface area contributed by atoms with Crippen molar-refractivity contribution in [2.24, 2.45) is 0 Å². The molecule has 0 spiro atoms. The van der Waals surface area contributed by atoms with E-state index < -0.39 is 0 Å². The van der Waals surface area contributed by atoms with E-state index in [0.717, 1.165) is 5.56 Å². The maximum Gasteiger partial charge on any atom is 0.0521 e. The van der Waals surface area contributed by atoms with Crippen molar-refractivity contribution in [1.29, 1.82) is 0 Å². The lowest BCUT2D eigenvalue weighted by atomic mass is 10.2. The van der Waals surface area contributed by atoms with Crippen LogP contribution in [-0.2, 0) is 0 Å². The molecule has 0 amide bonds. The van der Waals surface area contributed by atoms with Gasteiger partial charge in [0.1, 0.15) is 0 Å². The van der Waals surface area contributed by atoms with E-state index >= 15 is 0 Å². The van der Waals surface area contributed by atoms with Crippen molar-refractivity contribution in [3.63, 3.8) is 0 Å². The summed E-state index contributed by atoms with van der Waals surface area (Å²) in [6.07, 6.45) is 0. The summed E-state index contributed by atoms with van der Waals surface area (Å²) in [5.74, 6) is 6.54. The van der Waals surface area contributed by atoms with Crippen LogP contribution in [0.5, 0.6) is 0 Å². The maximum absolute atomic E-state index is 4.02. The van der Waals surface area contributed by atoms with Crippen LogP contribution in [0.4, 0.5) is 5.69 Å². The lowest BCUT2D eigenvalue weighted by molar-refractivity contribution is 1.13. The van der Waals surface area contributed by atoms with Crippen molar-refractivity contribution in [2.45, 2.75) is 0 Å². The molecule has 0 atom stereocenters. The molecule has 2 heteroatoms. The molecule has 0 unspecified atom stereocenters. The number of rotatable bonds is 1. The Labute approximate surface area is 85.2 Å². The topological polar surface area (TPSA) is 3.24 Å². The van der Waals surface area contributed by atoms with Gasteiger partial charge in [0, 0.05) is 25.3 Å². The summed E-state index contributed by atoms with van der Waals surface area (Å²) < 4.78 is 0. The minimum Gasteiger partial charge on any atom is -0.378 e. The Bertz CT molecular complexity index is 316. The van der Waals surface area contributed by atoms with Crippen LogP contribution < -0.4 is 4.90 Å². The van der Waals surface area contributed by atoms with E-state index in [1.807, 2.05) is 26.2 Å². The molecular formula is C11H13NS. The van der Waals surface area contributed by atoms with Gasteiger partial charge in [0.15, 0.2) is 0 Å². The number of hydrogen-bond donors (Lipinski definition) is 1. The van der Waals surface area contributed by atoms with Gasteiger partial charge in [-0.15, -0.1) is 0 Å². The quantitative estimate of drug-likeness (QED) is 0.525. The number of anilines is 1. The highest BCUT2D eigenvalue weighted by Crippen LogP contribution is 2.11. The van der Waals surface area contributed by atoms with Crippen molar-refractivity contribution in [3.8, 4) is 11.8 Å². The lowest BCUT2D eigenvalue weighted by Crippen LogP contribution is -2.07. The Morgan fingerprint density at radius 3 is 2.31 bits per heavy atom. The van der Waals surface area contributed by atoms with Gasteiger partial charge in [-0.3, -0.25) is 0 Å². The fraction of sp³-hybridized carbons (Fsp3) is 0.273. The number of thiol groups is 1. The van der Waals surface area contributed by atoms with Crippen molar-refractivity contribution < 1.29 is 0 Å². The van der Waals surface area contributed by atoms with Gasteiger partial charge in [0.25, 0.3) is 0 Å². The molecule has 1 nitrogen and oxygen atoms in total. The molecule has 0 bridgehead atoms. The van der Waals surface area contributed by atoms with E-state index in [0.29, 0.717) is 5.75 Å². The Kier molecular flexibility index (Phi) is 3.72. The van der Waals surface area contributed by atoms with Crippen LogP contribution in [0.2, 0.25) is 0 Å². The molecule has 0 fully saturated rings. The molecule has 1 aromatic carbocycles. The zero-order valence-corrected chi connectivity index (χ0v) is 8.81. The third kappa shape index (κ3) is 3.04. The van der Waals surface area contributed by atoms with Crippen LogP contribution in [0.25, 0.3) is 0 Å². The standard InChI is InChI=1S/C11H13NS/c1-12(2)11-7-5-10(6-8-11)4-3-9-13/h5-8,13H,9H2,1-2H3. The molecule has 68 valence electrons. The Morgan fingerprint density at radius 1 is 1.23 bits per heavy atom. The number of hydrogen-bond acceptors (Lipinski definition) is 2. The molecule has 1 rings (SSSR count). The summed E-state index contributed by atoms with van der Waals surface area (Å²) in [6, 6.07) is 8.16. The molecule has 0 N–H and O–H groups in total. The summed E-state index contributed by atoms with van der Waals surface area (Å²) in [5.41, 5.74) is 2.23. The van der Waals surface area contributed by atoms with E-state index in [9.17, 15) is 0 Å². The summed E-state index contributed by atoms with van der Waals surface area (Å²) >= 11 is 4.02. The first-order valence-corrected chi connectivity index (χ1v) is 4.74. The summed E-state index contributed by atoms with van der Waals surface area (Å²) in [6.45, 7) is 0. The van der Waals surface area contributed by atoms with Crippen LogP contribution in [0.1, 0.15) is 5.56 Å². The van der Waals surface area contributed by atoms with Crippen LogP contribution >= 0.6 is 12.6 Å². The third-order valence-corrected chi connectivity index (χ3v) is 1.85. The first kappa shape index (κ1) is 10.0. The fourth-order valence-corrected chi connectivity index (χ4v) is 1.06. The molecular weight excluding hydrogens is 178 g/mol. The normalized spacial score (nSPS) is 8.85. The van der Waals surface area contributed by atoms with Crippen molar-refractivity contribution >= 4 is 18.3 Å². The zero-order chi connectivity index (χ0) is 9.68. The molecule has 0 saturated heterocycles. The molecule has 0 aliphatic rings. The maximum atomic E-state index is 4.02. The fourth-order valence-electron chi connectivity index (χ4n) is 0.984. The summed E-state index contributed by atoms with van der Waals surface area (Å²) in [7, 11) is 4.04. The molecule has 13 heavy (non-hydrogen) atoms. The Balaban J connectivity index is 2.81. The minimum atomic E-state index is 0.607. The van der Waals surface area contributed by atoms with Gasteiger partial charge >= 0.3 is 0 Å². The van der Waals surface area contributed by atoms with E-state index in [2.05, 4.69) is 41.5 Å². The highest BCUT2D eigenvalue weighted by Gasteiger charge is 1.92. The Hall–Kier alpha value is -1.07. The van der Waals surface area contributed by atoms with E-state index in [-0.39, 0.29) is 0 Å². The molecule has 0 radical (unpaired) electrons. The predicted octanol–water partition coefficient (Wildman–Crippen LogP) is 2.03. The Morgan fingerprint density at radius 2 is 1.85 bits per heavy atom. The van der Waals surface area contributed by atoms with Crippen molar-refractivity contribution in [2.75, 3.05) is 24.7 Å². The van der Waals surface area contributed by atoms with Gasteiger partial charge in [-0.1, -0.05) is 11.8 Å². The average molecular weight is 191 g/mol. The van der Waals surface area contributed by atoms with Crippen LogP contribution in [0, 0.1) is 11.8 Å². The number of nitrogens with zero attached hydrogens (tertiary/aromatic N) is 1. The van der Waals surface area contributed by atoms with Gasteiger partial charge in [-0.05, 0) is 24.3 Å². The zero-order valence-electron chi connectivity index (χ0n) is 7.91. The van der Waals surface area contributed by atoms with Crippen LogP contribution in [-0.4, -0.2) is 19.8 Å². The van der Waals surface area contributed by atoms with Crippen LogP contribution in [0.3, 0.4) is 0 Å². The monoisotopic (exact) mass is 191 g/mol. The molecule has 0 saturated carbocycles. The van der Waals surface area contributed by atoms with Gasteiger partial charge in [-0.2, -0.15) is 12.6 Å². The van der Waals surface area contributed by atoms with E-state index in [1.165, 1.54) is 5.69 Å². The second-order valence-electron chi connectivity index (χ2n) is 2.90. The number of benzene rings is 1. The SMILES string of the molecule is CN(C)c1ccc(C#CCS)cc1. The van der Waals surface area contributed by atoms with Gasteiger partial charge in [-0.25, -0.2) is 0 Å². The lowest BCUT2D eigenvalue weighted by Gasteiger charge is -2.11. The second kappa shape index (κ2) is 4.84. The van der Waals surface area contributed by atoms with Gasteiger partial charge < -0.3 is 4.90 Å². The smallest absolute Gasteiger partial charge is 0.0521 e. The van der Waals surface area contributed by atoms with Crippen LogP contribution in [0.15, 0.2) is 24.3 Å².